The van der Waals surface area contributed by atoms with Crippen molar-refractivity contribution < 1.29 is 4.79 Å². The van der Waals surface area contributed by atoms with Gasteiger partial charge in [-0.2, -0.15) is 0 Å². The van der Waals surface area contributed by atoms with E-state index in [1.807, 2.05) is 44.4 Å². The van der Waals surface area contributed by atoms with Crippen molar-refractivity contribution in [3.05, 3.63) is 55.6 Å². The zero-order valence-electron chi connectivity index (χ0n) is 13.0. The number of thiophene rings is 1. The lowest BCUT2D eigenvalue weighted by atomic mass is 10.1. The Morgan fingerprint density at radius 1 is 1.41 bits per heavy atom. The van der Waals surface area contributed by atoms with Crippen LogP contribution in [0.4, 0.5) is 4.79 Å². The maximum atomic E-state index is 12.0. The van der Waals surface area contributed by atoms with Crippen LogP contribution in [-0.2, 0) is 6.54 Å². The number of urea groups is 1. The van der Waals surface area contributed by atoms with E-state index in [2.05, 4.69) is 15.6 Å². The van der Waals surface area contributed by atoms with Gasteiger partial charge in [-0.1, -0.05) is 13.0 Å². The number of nitrogens with one attached hydrogen (secondary N) is 3. The minimum Gasteiger partial charge on any atom is -0.334 e. The molecule has 22 heavy (non-hydrogen) atoms. The highest BCUT2D eigenvalue weighted by molar-refractivity contribution is 7.10. The fraction of sp³-hybridized carbons (Fsp3) is 0.375. The van der Waals surface area contributed by atoms with E-state index in [9.17, 15) is 9.59 Å². The summed E-state index contributed by atoms with van der Waals surface area (Å²) in [5.74, 6) is 0. The zero-order valence-corrected chi connectivity index (χ0v) is 13.8. The van der Waals surface area contributed by atoms with E-state index in [-0.39, 0.29) is 24.2 Å². The Labute approximate surface area is 133 Å². The summed E-state index contributed by atoms with van der Waals surface area (Å²) < 4.78 is 0. The Morgan fingerprint density at radius 3 is 2.77 bits per heavy atom. The predicted octanol–water partition coefficient (Wildman–Crippen LogP) is 3.00. The largest absolute Gasteiger partial charge is 0.334 e. The van der Waals surface area contributed by atoms with E-state index in [4.69, 9.17) is 0 Å². The molecule has 0 radical (unpaired) electrons. The Morgan fingerprint density at radius 2 is 2.18 bits per heavy atom. The Hall–Kier alpha value is -2.08. The van der Waals surface area contributed by atoms with Gasteiger partial charge in [0.2, 0.25) is 0 Å². The Kier molecular flexibility index (Phi) is 5.38. The number of H-pyrrole nitrogens is 1. The van der Waals surface area contributed by atoms with Gasteiger partial charge in [-0.05, 0) is 43.3 Å². The first-order valence-corrected chi connectivity index (χ1v) is 8.16. The average Bonchev–Trinajstić information content (AvgIpc) is 2.97. The van der Waals surface area contributed by atoms with E-state index in [1.54, 1.807) is 11.3 Å². The molecule has 0 fully saturated rings. The topological polar surface area (TPSA) is 74.0 Å². The SMILES string of the molecule is CC[C@H](NC(=O)NCc1c(C)cc(C)[nH]c1=O)c1cccs1. The highest BCUT2D eigenvalue weighted by Gasteiger charge is 2.14. The first-order valence-electron chi connectivity index (χ1n) is 7.28. The van der Waals surface area contributed by atoms with Crippen molar-refractivity contribution in [2.24, 2.45) is 0 Å². The average molecular weight is 319 g/mol. The van der Waals surface area contributed by atoms with Crippen molar-refractivity contribution in [1.82, 2.24) is 15.6 Å². The van der Waals surface area contributed by atoms with Crippen molar-refractivity contribution in [2.45, 2.75) is 39.8 Å². The number of pyridine rings is 1. The van der Waals surface area contributed by atoms with Gasteiger partial charge < -0.3 is 15.6 Å². The van der Waals surface area contributed by atoms with Crippen molar-refractivity contribution in [2.75, 3.05) is 0 Å². The summed E-state index contributed by atoms with van der Waals surface area (Å²) in [4.78, 5) is 27.8. The smallest absolute Gasteiger partial charge is 0.315 e. The van der Waals surface area contributed by atoms with E-state index < -0.39 is 0 Å². The summed E-state index contributed by atoms with van der Waals surface area (Å²) in [5.41, 5.74) is 2.14. The summed E-state index contributed by atoms with van der Waals surface area (Å²) in [7, 11) is 0. The molecule has 0 aliphatic rings. The molecule has 0 saturated heterocycles. The minimum absolute atomic E-state index is 0.00241. The molecule has 0 unspecified atom stereocenters. The number of rotatable bonds is 5. The second kappa shape index (κ2) is 7.26. The molecule has 1 atom stereocenters. The minimum atomic E-state index is -0.264. The third kappa shape index (κ3) is 3.98. The highest BCUT2D eigenvalue weighted by Crippen LogP contribution is 2.21. The zero-order chi connectivity index (χ0) is 16.1. The number of hydrogen-bond acceptors (Lipinski definition) is 3. The number of aromatic nitrogens is 1. The van der Waals surface area contributed by atoms with Gasteiger partial charge in [0, 0.05) is 16.1 Å². The van der Waals surface area contributed by atoms with Gasteiger partial charge in [0.25, 0.3) is 5.56 Å². The molecular weight excluding hydrogens is 298 g/mol. The monoisotopic (exact) mass is 319 g/mol. The molecule has 2 heterocycles. The third-order valence-electron chi connectivity index (χ3n) is 3.52. The lowest BCUT2D eigenvalue weighted by Crippen LogP contribution is -2.38. The first-order chi connectivity index (χ1) is 10.5. The molecule has 118 valence electrons. The van der Waals surface area contributed by atoms with Gasteiger partial charge in [-0.25, -0.2) is 4.79 Å². The van der Waals surface area contributed by atoms with E-state index >= 15 is 0 Å². The van der Waals surface area contributed by atoms with Crippen LogP contribution in [0.1, 0.15) is 41.1 Å². The fourth-order valence-electron chi connectivity index (χ4n) is 2.34. The van der Waals surface area contributed by atoms with Crippen LogP contribution >= 0.6 is 11.3 Å². The summed E-state index contributed by atoms with van der Waals surface area (Å²) in [6.45, 7) is 5.95. The van der Waals surface area contributed by atoms with Gasteiger partial charge >= 0.3 is 6.03 Å². The van der Waals surface area contributed by atoms with Gasteiger partial charge in [0.1, 0.15) is 0 Å². The van der Waals surface area contributed by atoms with Crippen molar-refractivity contribution >= 4 is 17.4 Å². The standard InChI is InChI=1S/C16H21N3O2S/c1-4-13(14-6-5-7-22-14)19-16(21)17-9-12-10(2)8-11(3)18-15(12)20/h5-8,13H,4,9H2,1-3H3,(H,18,20)(H2,17,19,21)/t13-/m0/s1. The highest BCUT2D eigenvalue weighted by atomic mass is 32.1. The predicted molar refractivity (Wildman–Crippen MR) is 89.3 cm³/mol. The Balaban J connectivity index is 1.97. The molecule has 0 spiro atoms. The quantitative estimate of drug-likeness (QED) is 0.792. The summed E-state index contributed by atoms with van der Waals surface area (Å²) >= 11 is 1.62. The fourth-order valence-corrected chi connectivity index (χ4v) is 3.20. The Bertz CT molecular complexity index is 692. The first kappa shape index (κ1) is 16.3. The molecule has 2 aromatic heterocycles. The summed E-state index contributed by atoms with van der Waals surface area (Å²) in [6, 6.07) is 5.61. The van der Waals surface area contributed by atoms with Crippen LogP contribution in [0.5, 0.6) is 0 Å². The summed E-state index contributed by atoms with van der Waals surface area (Å²) in [5, 5.41) is 7.69. The number of aryl methyl sites for hydroxylation is 2. The van der Waals surface area contributed by atoms with Gasteiger partial charge in [0.05, 0.1) is 12.6 Å². The molecular formula is C16H21N3O2S. The summed E-state index contributed by atoms with van der Waals surface area (Å²) in [6.07, 6.45) is 0.818. The number of carbonyl (C=O) groups excluding carboxylic acids is 1. The molecule has 6 heteroatoms. The molecule has 0 saturated carbocycles. The second-order valence-corrected chi connectivity index (χ2v) is 6.23. The lowest BCUT2D eigenvalue weighted by molar-refractivity contribution is 0.236. The van der Waals surface area contributed by atoms with E-state index in [1.165, 1.54) is 0 Å². The van der Waals surface area contributed by atoms with Crippen LogP contribution in [0.3, 0.4) is 0 Å². The molecule has 0 aliphatic carbocycles. The van der Waals surface area contributed by atoms with Crippen LogP contribution in [-0.4, -0.2) is 11.0 Å². The van der Waals surface area contributed by atoms with Crippen molar-refractivity contribution in [3.8, 4) is 0 Å². The molecule has 0 aromatic carbocycles. The molecule has 5 nitrogen and oxygen atoms in total. The van der Waals surface area contributed by atoms with Crippen molar-refractivity contribution in [1.29, 1.82) is 0 Å². The van der Waals surface area contributed by atoms with Crippen LogP contribution in [0.15, 0.2) is 28.4 Å². The van der Waals surface area contributed by atoms with Gasteiger partial charge in [0.15, 0.2) is 0 Å². The molecule has 0 bridgehead atoms. The van der Waals surface area contributed by atoms with E-state index in [0.29, 0.717) is 5.56 Å². The van der Waals surface area contributed by atoms with Crippen molar-refractivity contribution in [3.63, 3.8) is 0 Å². The maximum Gasteiger partial charge on any atom is 0.315 e. The lowest BCUT2D eigenvalue weighted by Gasteiger charge is -2.16. The third-order valence-corrected chi connectivity index (χ3v) is 4.51. The number of hydrogen-bond donors (Lipinski definition) is 3. The van der Waals surface area contributed by atoms with E-state index in [0.717, 1.165) is 22.6 Å². The van der Waals surface area contributed by atoms with Crippen LogP contribution < -0.4 is 16.2 Å². The maximum absolute atomic E-state index is 12.0. The van der Waals surface area contributed by atoms with Gasteiger partial charge in [-0.3, -0.25) is 4.79 Å². The molecule has 3 N–H and O–H groups in total. The van der Waals surface area contributed by atoms with Crippen LogP contribution in [0.25, 0.3) is 0 Å². The number of amides is 2. The molecule has 0 aliphatic heterocycles. The normalized spacial score (nSPS) is 12.0. The number of aromatic amines is 1. The number of carbonyl (C=O) groups is 1. The van der Waals surface area contributed by atoms with Crippen LogP contribution in [0, 0.1) is 13.8 Å². The van der Waals surface area contributed by atoms with Gasteiger partial charge in [-0.15, -0.1) is 11.3 Å². The second-order valence-electron chi connectivity index (χ2n) is 5.25. The molecule has 2 aromatic rings. The van der Waals surface area contributed by atoms with Crippen LogP contribution in [0.2, 0.25) is 0 Å². The molecule has 2 rings (SSSR count). The molecule has 2 amide bonds.